The summed E-state index contributed by atoms with van der Waals surface area (Å²) >= 11 is 2.11. The molecule has 1 aromatic heterocycles. The molecule has 0 aliphatic heterocycles. The van der Waals surface area contributed by atoms with Gasteiger partial charge in [0.2, 0.25) is 0 Å². The Bertz CT molecular complexity index is 325. The van der Waals surface area contributed by atoms with E-state index >= 15 is 0 Å². The van der Waals surface area contributed by atoms with Gasteiger partial charge in [0.05, 0.1) is 11.7 Å². The van der Waals surface area contributed by atoms with Gasteiger partial charge in [-0.1, -0.05) is 19.8 Å². The summed E-state index contributed by atoms with van der Waals surface area (Å²) in [4.78, 5) is 8.62. The molecular formula is C14H23N3S. The Morgan fingerprint density at radius 3 is 2.89 bits per heavy atom. The molecule has 1 N–H and O–H groups in total. The Morgan fingerprint density at radius 2 is 2.22 bits per heavy atom. The van der Waals surface area contributed by atoms with Crippen molar-refractivity contribution in [2.45, 2.75) is 50.3 Å². The minimum absolute atomic E-state index is 0.351. The molecule has 2 rings (SSSR count). The Morgan fingerprint density at radius 1 is 1.39 bits per heavy atom. The maximum absolute atomic E-state index is 4.44. The van der Waals surface area contributed by atoms with E-state index in [-0.39, 0.29) is 0 Å². The van der Waals surface area contributed by atoms with E-state index in [1.807, 2.05) is 6.20 Å². The zero-order valence-electron chi connectivity index (χ0n) is 11.1. The summed E-state index contributed by atoms with van der Waals surface area (Å²) in [5.74, 6) is 1.11. The van der Waals surface area contributed by atoms with Crippen molar-refractivity contribution in [2.24, 2.45) is 0 Å². The normalized spacial score (nSPS) is 18.1. The first-order valence-corrected chi connectivity index (χ1v) is 8.06. The molecule has 0 bridgehead atoms. The maximum Gasteiger partial charge on any atom is 0.0764 e. The highest BCUT2D eigenvalue weighted by Crippen LogP contribution is 2.31. The summed E-state index contributed by atoms with van der Waals surface area (Å²) in [6, 6.07) is 0.351. The fourth-order valence-corrected chi connectivity index (χ4v) is 3.77. The Labute approximate surface area is 114 Å². The summed E-state index contributed by atoms with van der Waals surface area (Å²) < 4.78 is 0. The largest absolute Gasteiger partial charge is 0.308 e. The van der Waals surface area contributed by atoms with Crippen LogP contribution in [0.2, 0.25) is 0 Å². The molecule has 1 aromatic rings. The number of rotatable bonds is 7. The van der Waals surface area contributed by atoms with Gasteiger partial charge in [-0.05, 0) is 25.8 Å². The van der Waals surface area contributed by atoms with Crippen molar-refractivity contribution in [3.05, 3.63) is 24.3 Å². The van der Waals surface area contributed by atoms with Gasteiger partial charge >= 0.3 is 0 Å². The van der Waals surface area contributed by atoms with E-state index < -0.39 is 0 Å². The second-order valence-electron chi connectivity index (χ2n) is 4.88. The van der Waals surface area contributed by atoms with Crippen LogP contribution in [0.1, 0.15) is 50.8 Å². The molecule has 1 heterocycles. The molecule has 0 aromatic carbocycles. The van der Waals surface area contributed by atoms with E-state index in [9.17, 15) is 0 Å². The number of hydrogen-bond donors (Lipinski definition) is 1. The molecule has 18 heavy (non-hydrogen) atoms. The van der Waals surface area contributed by atoms with Crippen molar-refractivity contribution in [1.82, 2.24) is 15.3 Å². The zero-order chi connectivity index (χ0) is 12.6. The van der Waals surface area contributed by atoms with Gasteiger partial charge in [0, 0.05) is 29.6 Å². The minimum atomic E-state index is 0.351. The van der Waals surface area contributed by atoms with Crippen LogP contribution in [0.5, 0.6) is 0 Å². The maximum atomic E-state index is 4.44. The summed E-state index contributed by atoms with van der Waals surface area (Å²) in [5, 5.41) is 4.45. The zero-order valence-corrected chi connectivity index (χ0v) is 12.0. The summed E-state index contributed by atoms with van der Waals surface area (Å²) in [7, 11) is 0. The van der Waals surface area contributed by atoms with Crippen LogP contribution in [0.25, 0.3) is 0 Å². The second kappa shape index (κ2) is 7.74. The molecule has 0 saturated heterocycles. The lowest BCUT2D eigenvalue weighted by atomic mass is 10.2. The van der Waals surface area contributed by atoms with Crippen LogP contribution < -0.4 is 5.32 Å². The summed E-state index contributed by atoms with van der Waals surface area (Å²) in [6.45, 7) is 3.25. The van der Waals surface area contributed by atoms with Crippen molar-refractivity contribution in [3.63, 3.8) is 0 Å². The summed E-state index contributed by atoms with van der Waals surface area (Å²) in [5.41, 5.74) is 1.08. The van der Waals surface area contributed by atoms with Gasteiger partial charge < -0.3 is 5.32 Å². The molecule has 0 spiro atoms. The van der Waals surface area contributed by atoms with Crippen molar-refractivity contribution in [1.29, 1.82) is 0 Å². The van der Waals surface area contributed by atoms with Crippen LogP contribution in [0.3, 0.4) is 0 Å². The van der Waals surface area contributed by atoms with Crippen LogP contribution in [0.4, 0.5) is 0 Å². The smallest absolute Gasteiger partial charge is 0.0764 e. The number of nitrogens with one attached hydrogen (secondary N) is 1. The highest BCUT2D eigenvalue weighted by atomic mass is 32.2. The number of thioether (sulfide) groups is 1. The van der Waals surface area contributed by atoms with Gasteiger partial charge in [-0.2, -0.15) is 11.8 Å². The lowest BCUT2D eigenvalue weighted by Crippen LogP contribution is -2.25. The van der Waals surface area contributed by atoms with Crippen molar-refractivity contribution in [2.75, 3.05) is 12.3 Å². The van der Waals surface area contributed by atoms with Crippen LogP contribution >= 0.6 is 11.8 Å². The topological polar surface area (TPSA) is 37.8 Å². The van der Waals surface area contributed by atoms with E-state index in [0.717, 1.165) is 29.7 Å². The highest BCUT2D eigenvalue weighted by Gasteiger charge is 2.19. The van der Waals surface area contributed by atoms with Crippen molar-refractivity contribution >= 4 is 11.8 Å². The van der Waals surface area contributed by atoms with E-state index in [0.29, 0.717) is 6.04 Å². The average Bonchev–Trinajstić information content (AvgIpc) is 2.93. The highest BCUT2D eigenvalue weighted by molar-refractivity contribution is 7.99. The number of nitrogens with zero attached hydrogens (tertiary/aromatic N) is 2. The van der Waals surface area contributed by atoms with E-state index in [4.69, 9.17) is 0 Å². The molecule has 0 radical (unpaired) electrons. The molecule has 1 saturated carbocycles. The molecule has 3 nitrogen and oxygen atoms in total. The molecule has 100 valence electrons. The molecule has 1 atom stereocenters. The monoisotopic (exact) mass is 265 g/mol. The Balaban J connectivity index is 1.87. The third kappa shape index (κ3) is 4.25. The molecule has 0 amide bonds. The van der Waals surface area contributed by atoms with Gasteiger partial charge in [-0.25, -0.2) is 0 Å². The number of aromatic nitrogens is 2. The lowest BCUT2D eigenvalue weighted by Gasteiger charge is -2.19. The predicted octanol–water partition coefficient (Wildman–Crippen LogP) is 3.19. The summed E-state index contributed by atoms with van der Waals surface area (Å²) in [6.07, 6.45) is 12.2. The van der Waals surface area contributed by atoms with E-state index in [1.165, 1.54) is 25.7 Å². The van der Waals surface area contributed by atoms with Gasteiger partial charge in [-0.3, -0.25) is 9.97 Å². The second-order valence-corrected chi connectivity index (χ2v) is 6.21. The molecule has 1 aliphatic rings. The first kappa shape index (κ1) is 13.8. The first-order valence-electron chi connectivity index (χ1n) is 7.01. The van der Waals surface area contributed by atoms with Gasteiger partial charge in [0.1, 0.15) is 0 Å². The Hall–Kier alpha value is -0.610. The van der Waals surface area contributed by atoms with Crippen LogP contribution in [-0.2, 0) is 0 Å². The van der Waals surface area contributed by atoms with Crippen LogP contribution in [0.15, 0.2) is 18.6 Å². The third-order valence-corrected chi connectivity index (χ3v) is 4.85. The fourth-order valence-electron chi connectivity index (χ4n) is 2.35. The molecular weight excluding hydrogens is 242 g/mol. The standard InChI is InChI=1S/C14H23N3S/c1-2-7-16-14(13-10-15-8-9-17-13)11-18-12-5-3-4-6-12/h8-10,12,14,16H,2-7,11H2,1H3. The van der Waals surface area contributed by atoms with E-state index in [2.05, 4.69) is 34.0 Å². The van der Waals surface area contributed by atoms with Crippen LogP contribution in [-0.4, -0.2) is 27.5 Å². The fraction of sp³-hybridized carbons (Fsp3) is 0.714. The SMILES string of the molecule is CCCNC(CSC1CCCC1)c1cnccn1. The van der Waals surface area contributed by atoms with Crippen LogP contribution in [0, 0.1) is 0 Å². The van der Waals surface area contributed by atoms with E-state index in [1.54, 1.807) is 12.4 Å². The number of hydrogen-bond acceptors (Lipinski definition) is 4. The molecule has 4 heteroatoms. The quantitative estimate of drug-likeness (QED) is 0.821. The predicted molar refractivity (Wildman–Crippen MR) is 77.8 cm³/mol. The molecule has 1 aliphatic carbocycles. The minimum Gasteiger partial charge on any atom is -0.308 e. The third-order valence-electron chi connectivity index (χ3n) is 3.38. The first-order chi connectivity index (χ1) is 8.90. The average molecular weight is 265 g/mol. The van der Waals surface area contributed by atoms with Crippen molar-refractivity contribution < 1.29 is 0 Å². The Kier molecular flexibility index (Phi) is 5.94. The molecule has 1 unspecified atom stereocenters. The van der Waals surface area contributed by atoms with Gasteiger partial charge in [-0.15, -0.1) is 0 Å². The van der Waals surface area contributed by atoms with Gasteiger partial charge in [0.25, 0.3) is 0 Å². The van der Waals surface area contributed by atoms with Gasteiger partial charge in [0.15, 0.2) is 0 Å². The molecule has 1 fully saturated rings. The van der Waals surface area contributed by atoms with Crippen molar-refractivity contribution in [3.8, 4) is 0 Å². The lowest BCUT2D eigenvalue weighted by molar-refractivity contribution is 0.562.